The van der Waals surface area contributed by atoms with E-state index in [1.165, 1.54) is 4.90 Å². The van der Waals surface area contributed by atoms with E-state index in [0.29, 0.717) is 47.4 Å². The zero-order chi connectivity index (χ0) is 22.8. The minimum Gasteiger partial charge on any atom is -0.493 e. The molecule has 32 heavy (non-hydrogen) atoms. The molecule has 0 bridgehead atoms. The lowest BCUT2D eigenvalue weighted by atomic mass is 10.0. The summed E-state index contributed by atoms with van der Waals surface area (Å²) in [5.41, 5.74) is 1.91. The summed E-state index contributed by atoms with van der Waals surface area (Å²) in [5, 5.41) is 3.16. The Bertz CT molecular complexity index is 1060. The van der Waals surface area contributed by atoms with Crippen molar-refractivity contribution < 1.29 is 23.8 Å². The summed E-state index contributed by atoms with van der Waals surface area (Å²) in [5.74, 6) is 1.90. The average Bonchev–Trinajstić information content (AvgIpc) is 3.31. The molecule has 0 saturated heterocycles. The molecule has 0 saturated carbocycles. The van der Waals surface area contributed by atoms with E-state index in [9.17, 15) is 9.59 Å². The van der Waals surface area contributed by atoms with Crippen LogP contribution in [0.5, 0.6) is 17.2 Å². The number of hydrogen-bond donors (Lipinski definition) is 1. The van der Waals surface area contributed by atoms with E-state index in [1.807, 2.05) is 38.1 Å². The molecule has 2 aromatic carbocycles. The van der Waals surface area contributed by atoms with Crippen molar-refractivity contribution >= 4 is 23.1 Å². The summed E-state index contributed by atoms with van der Waals surface area (Å²) in [6.07, 6.45) is 0. The highest BCUT2D eigenvalue weighted by Crippen LogP contribution is 2.37. The first-order valence-corrected chi connectivity index (χ1v) is 10.8. The minimum atomic E-state index is -0.337. The second-order valence-corrected chi connectivity index (χ2v) is 8.79. The monoisotopic (exact) mass is 436 g/mol. The topological polar surface area (TPSA) is 77.1 Å². The molecule has 2 aromatic rings. The van der Waals surface area contributed by atoms with Crippen LogP contribution in [-0.4, -0.2) is 36.7 Å². The molecule has 168 valence electrons. The Hall–Kier alpha value is -3.48. The molecule has 0 spiro atoms. The lowest BCUT2D eigenvalue weighted by molar-refractivity contribution is -0.137. The number of fused-ring (bicyclic) bond motifs is 1. The van der Waals surface area contributed by atoms with Gasteiger partial charge in [0.2, 0.25) is 6.79 Å². The van der Waals surface area contributed by atoms with Crippen molar-refractivity contribution in [3.63, 3.8) is 0 Å². The summed E-state index contributed by atoms with van der Waals surface area (Å²) in [4.78, 5) is 27.8. The second-order valence-electron chi connectivity index (χ2n) is 8.79. The van der Waals surface area contributed by atoms with Gasteiger partial charge in [0.15, 0.2) is 11.5 Å². The van der Waals surface area contributed by atoms with E-state index in [4.69, 9.17) is 14.2 Å². The number of ether oxygens (including phenoxy) is 3. The van der Waals surface area contributed by atoms with Gasteiger partial charge >= 0.3 is 0 Å². The first-order chi connectivity index (χ1) is 15.3. The fourth-order valence-corrected chi connectivity index (χ4v) is 3.59. The Morgan fingerprint density at radius 1 is 0.938 bits per heavy atom. The quantitative estimate of drug-likeness (QED) is 0.622. The van der Waals surface area contributed by atoms with Crippen LogP contribution in [-0.2, 0) is 9.59 Å². The van der Waals surface area contributed by atoms with Crippen LogP contribution in [0.25, 0.3) is 5.57 Å². The molecule has 2 amide bonds. The van der Waals surface area contributed by atoms with Gasteiger partial charge in [-0.2, -0.15) is 0 Å². The van der Waals surface area contributed by atoms with Gasteiger partial charge < -0.3 is 19.5 Å². The van der Waals surface area contributed by atoms with Gasteiger partial charge in [0, 0.05) is 18.3 Å². The first kappa shape index (κ1) is 21.7. The largest absolute Gasteiger partial charge is 0.493 e. The van der Waals surface area contributed by atoms with Gasteiger partial charge in [0.1, 0.15) is 11.4 Å². The fourth-order valence-electron chi connectivity index (χ4n) is 3.59. The predicted octanol–water partition coefficient (Wildman–Crippen LogP) is 4.30. The maximum absolute atomic E-state index is 13.3. The number of anilines is 1. The molecular weight excluding hydrogens is 408 g/mol. The molecule has 0 fully saturated rings. The van der Waals surface area contributed by atoms with Crippen molar-refractivity contribution in [1.29, 1.82) is 0 Å². The van der Waals surface area contributed by atoms with Gasteiger partial charge in [-0.05, 0) is 41.7 Å². The Labute approximate surface area is 188 Å². The summed E-state index contributed by atoms with van der Waals surface area (Å²) in [6, 6.07) is 12.6. The van der Waals surface area contributed by atoms with Crippen molar-refractivity contribution in [2.24, 2.45) is 11.8 Å². The summed E-state index contributed by atoms with van der Waals surface area (Å²) < 4.78 is 16.5. The van der Waals surface area contributed by atoms with Crippen molar-refractivity contribution in [2.75, 3.05) is 25.3 Å². The van der Waals surface area contributed by atoms with Crippen LogP contribution in [0.15, 0.2) is 48.2 Å². The Balaban J connectivity index is 1.67. The number of carbonyl (C=O) groups is 2. The first-order valence-electron chi connectivity index (χ1n) is 10.8. The van der Waals surface area contributed by atoms with Crippen LogP contribution < -0.4 is 19.5 Å². The van der Waals surface area contributed by atoms with E-state index < -0.39 is 0 Å². The van der Waals surface area contributed by atoms with Gasteiger partial charge in [0.25, 0.3) is 11.8 Å². The van der Waals surface area contributed by atoms with Gasteiger partial charge in [-0.15, -0.1) is 0 Å². The van der Waals surface area contributed by atoms with Crippen LogP contribution >= 0.6 is 0 Å². The van der Waals surface area contributed by atoms with Crippen molar-refractivity contribution in [1.82, 2.24) is 4.90 Å². The van der Waals surface area contributed by atoms with E-state index >= 15 is 0 Å². The molecule has 2 aliphatic heterocycles. The van der Waals surface area contributed by atoms with Crippen LogP contribution in [0.3, 0.4) is 0 Å². The molecule has 0 unspecified atom stereocenters. The van der Waals surface area contributed by atoms with Crippen molar-refractivity contribution in [3.8, 4) is 17.2 Å². The van der Waals surface area contributed by atoms with E-state index in [0.717, 1.165) is 5.75 Å². The average molecular weight is 437 g/mol. The van der Waals surface area contributed by atoms with E-state index in [2.05, 4.69) is 19.2 Å². The molecule has 0 atom stereocenters. The molecular formula is C25H28N2O5. The molecule has 0 aliphatic carbocycles. The van der Waals surface area contributed by atoms with E-state index in [-0.39, 0.29) is 30.2 Å². The maximum Gasteiger partial charge on any atom is 0.278 e. The second kappa shape index (κ2) is 8.94. The number of nitrogens with one attached hydrogen (secondary N) is 1. The zero-order valence-corrected chi connectivity index (χ0v) is 18.8. The Morgan fingerprint density at radius 3 is 2.34 bits per heavy atom. The van der Waals surface area contributed by atoms with Gasteiger partial charge in [-0.1, -0.05) is 39.8 Å². The highest BCUT2D eigenvalue weighted by Gasteiger charge is 2.39. The Morgan fingerprint density at radius 2 is 1.66 bits per heavy atom. The molecule has 2 aliphatic rings. The number of nitrogens with zero attached hydrogens (tertiary/aromatic N) is 1. The number of hydrogen-bond acceptors (Lipinski definition) is 6. The van der Waals surface area contributed by atoms with Gasteiger partial charge in [0.05, 0.1) is 12.2 Å². The normalized spacial score (nSPS) is 15.4. The highest BCUT2D eigenvalue weighted by atomic mass is 16.7. The lowest BCUT2D eigenvalue weighted by Gasteiger charge is -2.17. The van der Waals surface area contributed by atoms with Crippen LogP contribution in [0, 0.1) is 11.8 Å². The minimum absolute atomic E-state index is 0.154. The standard InChI is InChI=1S/C25H28N2O5/c1-15(2)12-27-24(28)22(17-5-8-19(9-6-17)30-13-16(3)4)23(25(27)29)26-18-7-10-20-21(11-18)32-14-31-20/h5-11,15-16,26H,12-14H2,1-4H3. The number of carbonyl (C=O) groups excluding carboxylic acids is 2. The number of amides is 2. The number of rotatable bonds is 8. The molecule has 7 nitrogen and oxygen atoms in total. The van der Waals surface area contributed by atoms with Gasteiger partial charge in [-0.25, -0.2) is 0 Å². The third-order valence-electron chi connectivity index (χ3n) is 5.08. The zero-order valence-electron chi connectivity index (χ0n) is 18.8. The number of benzene rings is 2. The van der Waals surface area contributed by atoms with Crippen LogP contribution in [0.2, 0.25) is 0 Å². The van der Waals surface area contributed by atoms with Gasteiger partial charge in [-0.3, -0.25) is 14.5 Å². The summed E-state index contributed by atoms with van der Waals surface area (Å²) in [6.45, 7) is 9.24. The molecule has 1 N–H and O–H groups in total. The van der Waals surface area contributed by atoms with Crippen LogP contribution in [0.1, 0.15) is 33.3 Å². The molecule has 2 heterocycles. The van der Waals surface area contributed by atoms with E-state index in [1.54, 1.807) is 18.2 Å². The highest BCUT2D eigenvalue weighted by molar-refractivity contribution is 6.36. The van der Waals surface area contributed by atoms with Crippen molar-refractivity contribution in [2.45, 2.75) is 27.7 Å². The predicted molar refractivity (Wildman–Crippen MR) is 121 cm³/mol. The lowest BCUT2D eigenvalue weighted by Crippen LogP contribution is -2.35. The molecule has 4 rings (SSSR count). The molecule has 7 heteroatoms. The van der Waals surface area contributed by atoms with Crippen molar-refractivity contribution in [3.05, 3.63) is 53.7 Å². The Kier molecular flexibility index (Phi) is 6.08. The summed E-state index contributed by atoms with van der Waals surface area (Å²) >= 11 is 0. The number of imide groups is 1. The van der Waals surface area contributed by atoms with Crippen LogP contribution in [0.4, 0.5) is 5.69 Å². The third kappa shape index (κ3) is 4.42. The molecule has 0 aromatic heterocycles. The smallest absolute Gasteiger partial charge is 0.278 e. The SMILES string of the molecule is CC(C)COc1ccc(C2=C(Nc3ccc4c(c3)OCO4)C(=O)N(CC(C)C)C2=O)cc1. The maximum atomic E-state index is 13.3. The molecule has 0 radical (unpaired) electrons. The summed E-state index contributed by atoms with van der Waals surface area (Å²) in [7, 11) is 0. The third-order valence-corrected chi connectivity index (χ3v) is 5.08. The fraction of sp³-hybridized carbons (Fsp3) is 0.360.